The first-order valence-corrected chi connectivity index (χ1v) is 12.8. The lowest BCUT2D eigenvalue weighted by molar-refractivity contribution is -0.111. The molecule has 0 fully saturated rings. The smallest absolute Gasteiger partial charge is 0.247 e. The van der Waals surface area contributed by atoms with Gasteiger partial charge in [-0.05, 0) is 58.3 Å². The summed E-state index contributed by atoms with van der Waals surface area (Å²) in [4.78, 5) is 25.1. The molecule has 4 N–H and O–H groups in total. The Bertz CT molecular complexity index is 1380. The van der Waals surface area contributed by atoms with E-state index < -0.39 is 11.4 Å². The highest BCUT2D eigenvalue weighted by molar-refractivity contribution is 6.31. The fraction of sp³-hybridized carbons (Fsp3) is 0.321. The zero-order chi connectivity index (χ0) is 29.6. The van der Waals surface area contributed by atoms with Crippen LogP contribution in [0.3, 0.4) is 0 Å². The summed E-state index contributed by atoms with van der Waals surface area (Å²) in [6.45, 7) is 8.14. The van der Waals surface area contributed by atoms with Gasteiger partial charge in [-0.25, -0.2) is 9.37 Å². The summed E-state index contributed by atoms with van der Waals surface area (Å²) in [6.07, 6.45) is 2.73. The Kier molecular flexibility index (Phi) is 9.91. The average molecular weight is 572 g/mol. The predicted molar refractivity (Wildman–Crippen MR) is 159 cm³/mol. The largest absolute Gasteiger partial charge is 0.494 e. The molecule has 12 heteroatoms. The van der Waals surface area contributed by atoms with E-state index in [4.69, 9.17) is 16.3 Å². The molecule has 0 aliphatic rings. The quantitative estimate of drug-likeness (QED) is 0.220. The number of nitrogens with one attached hydrogen (secondary N) is 3. The van der Waals surface area contributed by atoms with Crippen molar-refractivity contribution >= 4 is 52.0 Å². The van der Waals surface area contributed by atoms with E-state index in [-0.39, 0.29) is 16.9 Å². The van der Waals surface area contributed by atoms with Crippen molar-refractivity contribution in [2.24, 2.45) is 0 Å². The van der Waals surface area contributed by atoms with E-state index in [1.54, 1.807) is 33.1 Å². The Balaban J connectivity index is 1.97. The number of anilines is 6. The average Bonchev–Trinajstić information content (AvgIpc) is 2.88. The molecule has 0 radical (unpaired) electrons. The summed E-state index contributed by atoms with van der Waals surface area (Å²) in [5.74, 6) is 0.0822. The van der Waals surface area contributed by atoms with Gasteiger partial charge < -0.3 is 35.6 Å². The van der Waals surface area contributed by atoms with Crippen molar-refractivity contribution in [3.63, 3.8) is 0 Å². The lowest BCUT2D eigenvalue weighted by atomic mass is 9.96. The molecule has 0 aliphatic carbocycles. The van der Waals surface area contributed by atoms with E-state index in [9.17, 15) is 14.3 Å². The van der Waals surface area contributed by atoms with Crippen LogP contribution < -0.4 is 25.6 Å². The van der Waals surface area contributed by atoms with Gasteiger partial charge in [-0.3, -0.25) is 4.79 Å². The lowest BCUT2D eigenvalue weighted by Gasteiger charge is -2.26. The van der Waals surface area contributed by atoms with Gasteiger partial charge >= 0.3 is 0 Å². The second-order valence-electron chi connectivity index (χ2n) is 9.87. The first-order valence-electron chi connectivity index (χ1n) is 12.4. The second-order valence-corrected chi connectivity index (χ2v) is 10.3. The number of carbonyl (C=O) groups excluding carboxylic acids is 1. The maximum Gasteiger partial charge on any atom is 0.247 e. The van der Waals surface area contributed by atoms with E-state index in [1.165, 1.54) is 24.4 Å². The van der Waals surface area contributed by atoms with Crippen LogP contribution in [0.25, 0.3) is 0 Å². The molecule has 3 aromatic rings. The molecule has 3 rings (SSSR count). The predicted octanol–water partition coefficient (Wildman–Crippen LogP) is 5.11. The maximum absolute atomic E-state index is 14.1. The zero-order valence-electron chi connectivity index (χ0n) is 23.5. The number of hydrogen-bond donors (Lipinski definition) is 4. The van der Waals surface area contributed by atoms with Crippen LogP contribution in [-0.2, 0) is 10.4 Å². The van der Waals surface area contributed by atoms with Crippen molar-refractivity contribution in [2.75, 3.05) is 62.2 Å². The number of hydrogen-bond acceptors (Lipinski definition) is 9. The van der Waals surface area contributed by atoms with Gasteiger partial charge in [0, 0.05) is 43.7 Å². The molecule has 1 heterocycles. The first-order chi connectivity index (χ1) is 18.8. The number of methoxy groups -OCH3 is 1. The molecule has 0 saturated carbocycles. The van der Waals surface area contributed by atoms with Crippen LogP contribution in [0.4, 0.5) is 38.9 Å². The molecular weight excluding hydrogens is 537 g/mol. The minimum Gasteiger partial charge on any atom is -0.494 e. The molecule has 40 heavy (non-hydrogen) atoms. The number of rotatable bonds is 12. The van der Waals surface area contributed by atoms with Crippen LogP contribution in [0.15, 0.2) is 49.2 Å². The molecule has 0 aliphatic heterocycles. The Morgan fingerprint density at radius 1 is 1.15 bits per heavy atom. The lowest BCUT2D eigenvalue weighted by Crippen LogP contribution is -2.29. The summed E-state index contributed by atoms with van der Waals surface area (Å²) < 4.78 is 19.8. The summed E-state index contributed by atoms with van der Waals surface area (Å²) in [5, 5.41) is 19.5. The Morgan fingerprint density at radius 3 is 2.50 bits per heavy atom. The third-order valence-electron chi connectivity index (χ3n) is 5.94. The van der Waals surface area contributed by atoms with Crippen molar-refractivity contribution in [2.45, 2.75) is 19.4 Å². The summed E-state index contributed by atoms with van der Waals surface area (Å²) in [5.41, 5.74) is 1.15. The number of aromatic nitrogens is 2. The van der Waals surface area contributed by atoms with Gasteiger partial charge in [0.1, 0.15) is 17.4 Å². The Morgan fingerprint density at radius 2 is 1.88 bits per heavy atom. The molecule has 1 amide bonds. The van der Waals surface area contributed by atoms with E-state index in [0.29, 0.717) is 40.7 Å². The van der Waals surface area contributed by atoms with Crippen molar-refractivity contribution in [3.8, 4) is 5.75 Å². The first kappa shape index (κ1) is 30.6. The molecule has 0 atom stereocenters. The number of amides is 1. The highest BCUT2D eigenvalue weighted by Crippen LogP contribution is 2.38. The number of halogens is 2. The second kappa shape index (κ2) is 12.9. The number of carbonyl (C=O) groups is 1. The van der Waals surface area contributed by atoms with Crippen LogP contribution >= 0.6 is 11.6 Å². The number of aliphatic hydroxyl groups is 1. The summed E-state index contributed by atoms with van der Waals surface area (Å²) >= 11 is 6.01. The van der Waals surface area contributed by atoms with Gasteiger partial charge in [-0.2, -0.15) is 4.98 Å². The minimum absolute atomic E-state index is 0.0996. The maximum atomic E-state index is 14.1. The molecule has 0 saturated heterocycles. The van der Waals surface area contributed by atoms with Crippen LogP contribution in [0, 0.1) is 5.82 Å². The van der Waals surface area contributed by atoms with Gasteiger partial charge in [0.25, 0.3) is 0 Å². The fourth-order valence-corrected chi connectivity index (χ4v) is 3.97. The molecule has 1 aromatic heterocycles. The van der Waals surface area contributed by atoms with Crippen LogP contribution in [0.1, 0.15) is 19.4 Å². The van der Waals surface area contributed by atoms with Gasteiger partial charge in [-0.15, -0.1) is 0 Å². The third kappa shape index (κ3) is 7.81. The SMILES string of the molecule is C=CC(=O)Nc1cc(Nc2nccc(Nc3cc(Cl)c(F)cc3C(C)(C)O)n2)c(OC)cc1N(C)CCN(C)C. The molecule has 2 aromatic carbocycles. The number of ether oxygens (including phenoxy) is 1. The topological polar surface area (TPSA) is 115 Å². The number of benzene rings is 2. The minimum atomic E-state index is -1.34. The van der Waals surface area contributed by atoms with Gasteiger partial charge in [-0.1, -0.05) is 18.2 Å². The zero-order valence-corrected chi connectivity index (χ0v) is 24.2. The van der Waals surface area contributed by atoms with E-state index in [0.717, 1.165) is 12.2 Å². The number of likely N-dealkylation sites (N-methyl/N-ethyl adjacent to an activating group) is 2. The van der Waals surface area contributed by atoms with E-state index in [1.807, 2.05) is 32.1 Å². The van der Waals surface area contributed by atoms with Gasteiger partial charge in [0.05, 0.1) is 34.8 Å². The van der Waals surface area contributed by atoms with Crippen molar-refractivity contribution < 1.29 is 19.0 Å². The fourth-order valence-electron chi connectivity index (χ4n) is 3.81. The van der Waals surface area contributed by atoms with Gasteiger partial charge in [0.2, 0.25) is 11.9 Å². The number of nitrogens with zero attached hydrogens (tertiary/aromatic N) is 4. The standard InChI is InChI=1S/C28H35ClFN7O3/c1-8-26(38)33-21-15-22(24(40-7)16-23(21)37(6)12-11-36(4)5)34-27-31-10-9-25(35-27)32-20-14-18(29)19(30)13-17(20)28(2,3)39/h8-10,13-16,39H,1,11-12H2,2-7H3,(H,33,38)(H2,31,32,34,35). The molecule has 0 unspecified atom stereocenters. The molecule has 214 valence electrons. The Hall–Kier alpha value is -3.93. The molecular formula is C28H35ClFN7O3. The van der Waals surface area contributed by atoms with E-state index in [2.05, 4.69) is 37.4 Å². The monoisotopic (exact) mass is 571 g/mol. The Labute approximate surface area is 238 Å². The van der Waals surface area contributed by atoms with E-state index >= 15 is 0 Å². The molecule has 0 bridgehead atoms. The molecule has 10 nitrogen and oxygen atoms in total. The van der Waals surface area contributed by atoms with Gasteiger partial charge in [0.15, 0.2) is 0 Å². The highest BCUT2D eigenvalue weighted by atomic mass is 35.5. The van der Waals surface area contributed by atoms with Crippen LogP contribution in [0.5, 0.6) is 5.75 Å². The normalized spacial score (nSPS) is 11.2. The molecule has 0 spiro atoms. The van der Waals surface area contributed by atoms with Crippen molar-refractivity contribution in [1.29, 1.82) is 0 Å². The van der Waals surface area contributed by atoms with Crippen molar-refractivity contribution in [3.05, 3.63) is 65.6 Å². The van der Waals surface area contributed by atoms with Crippen LogP contribution in [-0.4, -0.2) is 67.2 Å². The highest BCUT2D eigenvalue weighted by Gasteiger charge is 2.23. The van der Waals surface area contributed by atoms with Crippen LogP contribution in [0.2, 0.25) is 5.02 Å². The third-order valence-corrected chi connectivity index (χ3v) is 6.23. The van der Waals surface area contributed by atoms with Crippen molar-refractivity contribution in [1.82, 2.24) is 14.9 Å². The summed E-state index contributed by atoms with van der Waals surface area (Å²) in [7, 11) is 7.44. The summed E-state index contributed by atoms with van der Waals surface area (Å²) in [6, 6.07) is 7.74.